The second-order valence-corrected chi connectivity index (χ2v) is 3.90. The summed E-state index contributed by atoms with van der Waals surface area (Å²) in [7, 11) is 2.26. The fourth-order valence-corrected chi connectivity index (χ4v) is 2.19. The van der Waals surface area contributed by atoms with Crippen molar-refractivity contribution >= 4 is 0 Å². The molecule has 1 fully saturated rings. The van der Waals surface area contributed by atoms with Crippen LogP contribution in [0.5, 0.6) is 0 Å². The van der Waals surface area contributed by atoms with Crippen molar-refractivity contribution in [2.45, 2.75) is 45.6 Å². The van der Waals surface area contributed by atoms with Crippen LogP contribution in [0.25, 0.3) is 0 Å². The van der Waals surface area contributed by atoms with Gasteiger partial charge in [0, 0.05) is 6.04 Å². The first kappa shape index (κ1) is 9.05. The van der Waals surface area contributed by atoms with Crippen LogP contribution < -0.4 is 0 Å². The Labute approximate surface area is 70.8 Å². The highest BCUT2D eigenvalue weighted by Gasteiger charge is 2.23. The van der Waals surface area contributed by atoms with Gasteiger partial charge >= 0.3 is 0 Å². The monoisotopic (exact) mass is 155 g/mol. The molecule has 0 amide bonds. The minimum Gasteiger partial charge on any atom is -0.303 e. The van der Waals surface area contributed by atoms with Crippen molar-refractivity contribution in [3.05, 3.63) is 0 Å². The SMILES string of the molecule is CCN(C)[C@H]1CCCC[C@H]1C. The third-order valence-electron chi connectivity index (χ3n) is 3.13. The molecule has 0 heterocycles. The van der Waals surface area contributed by atoms with E-state index in [2.05, 4.69) is 25.8 Å². The van der Waals surface area contributed by atoms with Gasteiger partial charge < -0.3 is 4.90 Å². The molecule has 2 atom stereocenters. The first-order valence-corrected chi connectivity index (χ1v) is 4.96. The van der Waals surface area contributed by atoms with Crippen molar-refractivity contribution < 1.29 is 0 Å². The van der Waals surface area contributed by atoms with E-state index >= 15 is 0 Å². The Morgan fingerprint density at radius 1 is 1.27 bits per heavy atom. The molecule has 1 rings (SSSR count). The van der Waals surface area contributed by atoms with Gasteiger partial charge in [-0.1, -0.05) is 26.7 Å². The summed E-state index contributed by atoms with van der Waals surface area (Å²) in [5.41, 5.74) is 0. The Morgan fingerprint density at radius 2 is 1.91 bits per heavy atom. The molecule has 0 bridgehead atoms. The molecule has 1 heteroatoms. The maximum atomic E-state index is 2.50. The summed E-state index contributed by atoms with van der Waals surface area (Å²) in [6.45, 7) is 5.85. The van der Waals surface area contributed by atoms with Gasteiger partial charge in [0.1, 0.15) is 0 Å². The number of nitrogens with zero attached hydrogens (tertiary/aromatic N) is 1. The van der Waals surface area contributed by atoms with E-state index in [1.165, 1.54) is 32.2 Å². The van der Waals surface area contributed by atoms with Gasteiger partial charge in [-0.25, -0.2) is 0 Å². The van der Waals surface area contributed by atoms with Crippen molar-refractivity contribution in [3.8, 4) is 0 Å². The van der Waals surface area contributed by atoms with Crippen LogP contribution in [0.15, 0.2) is 0 Å². The Morgan fingerprint density at radius 3 is 2.45 bits per heavy atom. The fraction of sp³-hybridized carbons (Fsp3) is 1.00. The molecule has 1 aliphatic carbocycles. The first-order chi connectivity index (χ1) is 5.25. The van der Waals surface area contributed by atoms with Crippen molar-refractivity contribution in [2.75, 3.05) is 13.6 Å². The Hall–Kier alpha value is -0.0400. The molecular weight excluding hydrogens is 134 g/mol. The molecule has 0 aromatic carbocycles. The van der Waals surface area contributed by atoms with Gasteiger partial charge in [-0.2, -0.15) is 0 Å². The van der Waals surface area contributed by atoms with Gasteiger partial charge in [-0.15, -0.1) is 0 Å². The molecular formula is C10H21N. The first-order valence-electron chi connectivity index (χ1n) is 4.96. The number of hydrogen-bond donors (Lipinski definition) is 0. The molecule has 0 unspecified atom stereocenters. The predicted octanol–water partition coefficient (Wildman–Crippen LogP) is 2.52. The standard InChI is InChI=1S/C10H21N/c1-4-11(3)10-8-6-5-7-9(10)2/h9-10H,4-8H2,1-3H3/t9-,10+/m1/s1. The van der Waals surface area contributed by atoms with Crippen LogP contribution in [-0.2, 0) is 0 Å². The lowest BCUT2D eigenvalue weighted by molar-refractivity contribution is 0.146. The van der Waals surface area contributed by atoms with Crippen LogP contribution in [0.1, 0.15) is 39.5 Å². The smallest absolute Gasteiger partial charge is 0.0118 e. The van der Waals surface area contributed by atoms with Crippen LogP contribution in [0.2, 0.25) is 0 Å². The average Bonchev–Trinajstić information content (AvgIpc) is 2.04. The number of hydrogen-bond acceptors (Lipinski definition) is 1. The lowest BCUT2D eigenvalue weighted by Gasteiger charge is -2.35. The van der Waals surface area contributed by atoms with Gasteiger partial charge in [0.05, 0.1) is 0 Å². The Balaban J connectivity index is 2.40. The fourth-order valence-electron chi connectivity index (χ4n) is 2.19. The third kappa shape index (κ3) is 2.19. The van der Waals surface area contributed by atoms with Crippen molar-refractivity contribution in [1.82, 2.24) is 4.90 Å². The maximum absolute atomic E-state index is 2.50. The summed E-state index contributed by atoms with van der Waals surface area (Å²) >= 11 is 0. The van der Waals surface area contributed by atoms with Crippen LogP contribution in [0.4, 0.5) is 0 Å². The second-order valence-electron chi connectivity index (χ2n) is 3.90. The zero-order valence-corrected chi connectivity index (χ0v) is 8.14. The van der Waals surface area contributed by atoms with Gasteiger partial charge in [-0.3, -0.25) is 0 Å². The zero-order valence-electron chi connectivity index (χ0n) is 8.14. The lowest BCUT2D eigenvalue weighted by atomic mass is 9.85. The minimum atomic E-state index is 0.869. The molecule has 0 N–H and O–H groups in total. The van der Waals surface area contributed by atoms with E-state index in [1.807, 2.05) is 0 Å². The van der Waals surface area contributed by atoms with Crippen LogP contribution in [0, 0.1) is 5.92 Å². The molecule has 0 aliphatic heterocycles. The van der Waals surface area contributed by atoms with Gasteiger partial charge in [0.15, 0.2) is 0 Å². The molecule has 1 nitrogen and oxygen atoms in total. The van der Waals surface area contributed by atoms with Crippen LogP contribution in [-0.4, -0.2) is 24.5 Å². The van der Waals surface area contributed by atoms with Crippen LogP contribution in [0.3, 0.4) is 0 Å². The average molecular weight is 155 g/mol. The summed E-state index contributed by atoms with van der Waals surface area (Å²) in [5, 5.41) is 0. The largest absolute Gasteiger partial charge is 0.303 e. The zero-order chi connectivity index (χ0) is 8.27. The van der Waals surface area contributed by atoms with E-state index in [-0.39, 0.29) is 0 Å². The van der Waals surface area contributed by atoms with Crippen LogP contribution >= 0.6 is 0 Å². The molecule has 0 radical (unpaired) electrons. The second kappa shape index (κ2) is 4.10. The van der Waals surface area contributed by atoms with Gasteiger partial charge in [-0.05, 0) is 32.4 Å². The van der Waals surface area contributed by atoms with Crippen molar-refractivity contribution in [1.29, 1.82) is 0 Å². The third-order valence-corrected chi connectivity index (χ3v) is 3.13. The summed E-state index contributed by atoms with van der Waals surface area (Å²) in [5.74, 6) is 0.925. The molecule has 1 aliphatic rings. The molecule has 0 aromatic rings. The highest BCUT2D eigenvalue weighted by Crippen LogP contribution is 2.26. The summed E-state index contributed by atoms with van der Waals surface area (Å²) in [6, 6.07) is 0.869. The highest BCUT2D eigenvalue weighted by atomic mass is 15.1. The minimum absolute atomic E-state index is 0.869. The van der Waals surface area contributed by atoms with E-state index in [9.17, 15) is 0 Å². The van der Waals surface area contributed by atoms with E-state index in [0.717, 1.165) is 12.0 Å². The topological polar surface area (TPSA) is 3.24 Å². The number of rotatable bonds is 2. The molecule has 11 heavy (non-hydrogen) atoms. The molecule has 66 valence electrons. The normalized spacial score (nSPS) is 32.7. The van der Waals surface area contributed by atoms with E-state index < -0.39 is 0 Å². The summed E-state index contributed by atoms with van der Waals surface area (Å²) in [4.78, 5) is 2.50. The quantitative estimate of drug-likeness (QED) is 0.592. The predicted molar refractivity (Wildman–Crippen MR) is 49.7 cm³/mol. The van der Waals surface area contributed by atoms with E-state index in [4.69, 9.17) is 0 Å². The Bertz CT molecular complexity index is 107. The Kier molecular flexibility index (Phi) is 3.38. The maximum Gasteiger partial charge on any atom is 0.0118 e. The molecule has 0 spiro atoms. The van der Waals surface area contributed by atoms with Gasteiger partial charge in [0.25, 0.3) is 0 Å². The highest BCUT2D eigenvalue weighted by molar-refractivity contribution is 4.78. The summed E-state index contributed by atoms with van der Waals surface area (Å²) in [6.07, 6.45) is 5.76. The lowest BCUT2D eigenvalue weighted by Crippen LogP contribution is -2.38. The van der Waals surface area contributed by atoms with Gasteiger partial charge in [0.2, 0.25) is 0 Å². The molecule has 0 aromatic heterocycles. The van der Waals surface area contributed by atoms with Crippen molar-refractivity contribution in [3.63, 3.8) is 0 Å². The summed E-state index contributed by atoms with van der Waals surface area (Å²) < 4.78 is 0. The molecule has 1 saturated carbocycles. The van der Waals surface area contributed by atoms with E-state index in [1.54, 1.807) is 0 Å². The van der Waals surface area contributed by atoms with E-state index in [0.29, 0.717) is 0 Å². The molecule has 0 saturated heterocycles. The van der Waals surface area contributed by atoms with Crippen molar-refractivity contribution in [2.24, 2.45) is 5.92 Å².